The van der Waals surface area contributed by atoms with Gasteiger partial charge in [0.25, 0.3) is 5.91 Å². The first-order valence-electron chi connectivity index (χ1n) is 6.54. The maximum Gasteiger partial charge on any atom is 0.286 e. The van der Waals surface area contributed by atoms with Gasteiger partial charge < -0.3 is 4.74 Å². The largest absolute Gasteiger partial charge is 0.383 e. The first-order valence-corrected chi connectivity index (χ1v) is 7.49. The second-order valence-electron chi connectivity index (χ2n) is 4.79. The van der Waals surface area contributed by atoms with Crippen molar-refractivity contribution in [3.8, 4) is 11.3 Å². The molecule has 0 unspecified atom stereocenters. The Balaban J connectivity index is 1.73. The highest BCUT2D eigenvalue weighted by Crippen LogP contribution is 2.24. The molecule has 1 saturated heterocycles. The number of aromatic nitrogens is 2. The van der Waals surface area contributed by atoms with E-state index in [2.05, 4.69) is 15.6 Å². The van der Waals surface area contributed by atoms with Crippen molar-refractivity contribution in [2.24, 2.45) is 0 Å². The number of fused-ring (bicyclic) bond motifs is 1. The van der Waals surface area contributed by atoms with Crippen molar-refractivity contribution in [3.63, 3.8) is 0 Å². The number of rotatable bonds is 4. The minimum absolute atomic E-state index is 0.200. The lowest BCUT2D eigenvalue weighted by Crippen LogP contribution is -2.46. The summed E-state index contributed by atoms with van der Waals surface area (Å²) in [4.78, 5) is 12.3. The highest BCUT2D eigenvalue weighted by atomic mass is 32.1. The lowest BCUT2D eigenvalue weighted by atomic mass is 10.2. The van der Waals surface area contributed by atoms with Gasteiger partial charge in [-0.15, -0.1) is 10.2 Å². The van der Waals surface area contributed by atoms with Crippen molar-refractivity contribution in [1.82, 2.24) is 20.6 Å². The Hall–Kier alpha value is -1.57. The standard InChI is InChI=1S/C13H16N4O2S/c1-19-7-9-3-2-5-17(9)16-13(18)12-10-8-20-6-4-11(10)14-15-12/h4,6,8-9H,2-3,5,7H2,1H3,(H,16,18)/t9-/m0/s1. The Morgan fingerprint density at radius 1 is 1.60 bits per heavy atom. The Kier molecular flexibility index (Phi) is 3.90. The second kappa shape index (κ2) is 5.82. The maximum absolute atomic E-state index is 12.3. The van der Waals surface area contributed by atoms with Crippen LogP contribution in [-0.2, 0) is 4.74 Å². The zero-order valence-corrected chi connectivity index (χ0v) is 12.0. The Morgan fingerprint density at radius 2 is 2.50 bits per heavy atom. The van der Waals surface area contributed by atoms with Crippen LogP contribution in [-0.4, -0.2) is 47.4 Å². The molecule has 1 N–H and O–H groups in total. The summed E-state index contributed by atoms with van der Waals surface area (Å²) in [6, 6.07) is 2.11. The molecule has 0 aromatic carbocycles. The van der Waals surface area contributed by atoms with Crippen LogP contribution >= 0.6 is 11.3 Å². The van der Waals surface area contributed by atoms with Gasteiger partial charge in [0.1, 0.15) is 0 Å². The molecule has 0 aromatic heterocycles. The predicted octanol–water partition coefficient (Wildman–Crippen LogP) is 1.40. The average Bonchev–Trinajstić information content (AvgIpc) is 3.06. The van der Waals surface area contributed by atoms with Gasteiger partial charge in [-0.3, -0.25) is 10.2 Å². The minimum Gasteiger partial charge on any atom is -0.383 e. The molecule has 0 spiro atoms. The van der Waals surface area contributed by atoms with Gasteiger partial charge in [-0.2, -0.15) is 11.3 Å². The van der Waals surface area contributed by atoms with Crippen molar-refractivity contribution in [2.45, 2.75) is 18.9 Å². The Bertz CT molecular complexity index is 573. The normalized spacial score (nSPS) is 19.6. The number of ether oxygens (including phenoxy) is 1. The van der Waals surface area contributed by atoms with E-state index in [0.717, 1.165) is 30.6 Å². The monoisotopic (exact) mass is 292 g/mol. The van der Waals surface area contributed by atoms with Crippen LogP contribution in [0.25, 0.3) is 11.3 Å². The van der Waals surface area contributed by atoms with Crippen LogP contribution in [0.2, 0.25) is 0 Å². The molecule has 3 aliphatic rings. The fourth-order valence-electron chi connectivity index (χ4n) is 2.48. The molecule has 0 aromatic rings. The minimum atomic E-state index is -0.200. The smallest absolute Gasteiger partial charge is 0.286 e. The Labute approximate surface area is 121 Å². The van der Waals surface area contributed by atoms with Crippen molar-refractivity contribution in [3.05, 3.63) is 22.5 Å². The third-order valence-electron chi connectivity index (χ3n) is 3.48. The molecule has 106 valence electrons. The molecule has 0 radical (unpaired) electrons. The van der Waals surface area contributed by atoms with Crippen LogP contribution in [0.5, 0.6) is 0 Å². The first-order chi connectivity index (χ1) is 9.79. The maximum atomic E-state index is 12.3. The molecule has 1 atom stereocenters. The van der Waals surface area contributed by atoms with Crippen LogP contribution in [0.4, 0.5) is 0 Å². The summed E-state index contributed by atoms with van der Waals surface area (Å²) in [7, 11) is 1.68. The van der Waals surface area contributed by atoms with Gasteiger partial charge in [0.05, 0.1) is 18.3 Å². The average molecular weight is 292 g/mol. The van der Waals surface area contributed by atoms with Crippen LogP contribution in [0.3, 0.4) is 0 Å². The summed E-state index contributed by atoms with van der Waals surface area (Å²) in [5.41, 5.74) is 4.87. The SMILES string of the molecule is COC[C@@H]1CCCN1NC(=O)c1nnc2ccscc1-2. The van der Waals surface area contributed by atoms with E-state index in [-0.39, 0.29) is 11.9 Å². The molecule has 20 heavy (non-hydrogen) atoms. The molecule has 1 fully saturated rings. The van der Waals surface area contributed by atoms with Crippen molar-refractivity contribution >= 4 is 17.2 Å². The van der Waals surface area contributed by atoms with Crippen LogP contribution in [0.1, 0.15) is 23.3 Å². The van der Waals surface area contributed by atoms with Gasteiger partial charge in [0, 0.05) is 24.6 Å². The van der Waals surface area contributed by atoms with E-state index in [9.17, 15) is 4.79 Å². The summed E-state index contributed by atoms with van der Waals surface area (Å²) in [6.45, 7) is 1.46. The van der Waals surface area contributed by atoms with Gasteiger partial charge in [-0.1, -0.05) is 0 Å². The summed E-state index contributed by atoms with van der Waals surface area (Å²) >= 11 is 1.53. The molecule has 0 bridgehead atoms. The first kappa shape index (κ1) is 13.4. The fourth-order valence-corrected chi connectivity index (χ4v) is 3.14. The number of hydrogen-bond donors (Lipinski definition) is 1. The molecule has 1 amide bonds. The van der Waals surface area contributed by atoms with Crippen LogP contribution < -0.4 is 5.43 Å². The quantitative estimate of drug-likeness (QED) is 0.922. The summed E-state index contributed by atoms with van der Waals surface area (Å²) in [5.74, 6) is -0.200. The zero-order chi connectivity index (χ0) is 13.9. The molecule has 3 heterocycles. The lowest BCUT2D eigenvalue weighted by Gasteiger charge is -2.23. The summed E-state index contributed by atoms with van der Waals surface area (Å²) < 4.78 is 5.18. The van der Waals surface area contributed by atoms with Gasteiger partial charge >= 0.3 is 0 Å². The van der Waals surface area contributed by atoms with Gasteiger partial charge in [-0.05, 0) is 24.3 Å². The molecule has 6 nitrogen and oxygen atoms in total. The van der Waals surface area contributed by atoms with Crippen molar-refractivity contribution in [1.29, 1.82) is 0 Å². The van der Waals surface area contributed by atoms with E-state index in [0.29, 0.717) is 12.3 Å². The number of amides is 1. The molecule has 3 aliphatic heterocycles. The number of carbonyl (C=O) groups excluding carboxylic acids is 1. The fraction of sp³-hybridized carbons (Fsp3) is 0.462. The number of carbonyl (C=O) groups is 1. The molecule has 0 saturated carbocycles. The zero-order valence-electron chi connectivity index (χ0n) is 11.2. The van der Waals surface area contributed by atoms with Gasteiger partial charge in [0.15, 0.2) is 5.69 Å². The summed E-state index contributed by atoms with van der Waals surface area (Å²) in [5, 5.41) is 13.8. The lowest BCUT2D eigenvalue weighted by molar-refractivity contribution is 0.0608. The third-order valence-corrected chi connectivity index (χ3v) is 4.14. The van der Waals surface area contributed by atoms with Crippen LogP contribution in [0, 0.1) is 0 Å². The van der Waals surface area contributed by atoms with Crippen molar-refractivity contribution < 1.29 is 9.53 Å². The number of hydrazine groups is 1. The number of nitrogens with one attached hydrogen (secondary N) is 1. The predicted molar refractivity (Wildman–Crippen MR) is 75.6 cm³/mol. The molecular formula is C13H16N4O2S. The topological polar surface area (TPSA) is 67.3 Å². The van der Waals surface area contributed by atoms with E-state index in [1.807, 2.05) is 21.8 Å². The van der Waals surface area contributed by atoms with Crippen molar-refractivity contribution in [2.75, 3.05) is 20.3 Å². The highest BCUT2D eigenvalue weighted by molar-refractivity contribution is 7.07. The highest BCUT2D eigenvalue weighted by Gasteiger charge is 2.28. The molecular weight excluding hydrogens is 276 g/mol. The number of nitrogens with zero attached hydrogens (tertiary/aromatic N) is 3. The second-order valence-corrected chi connectivity index (χ2v) is 5.57. The van der Waals surface area contributed by atoms with E-state index in [1.165, 1.54) is 11.3 Å². The Morgan fingerprint density at radius 3 is 3.35 bits per heavy atom. The molecule has 0 aliphatic carbocycles. The van der Waals surface area contributed by atoms with E-state index in [1.54, 1.807) is 7.11 Å². The number of methoxy groups -OCH3 is 1. The van der Waals surface area contributed by atoms with Crippen LogP contribution in [0.15, 0.2) is 16.8 Å². The molecule has 7 heteroatoms. The third kappa shape index (κ3) is 2.52. The summed E-state index contributed by atoms with van der Waals surface area (Å²) in [6.07, 6.45) is 2.09. The van der Waals surface area contributed by atoms with E-state index < -0.39 is 0 Å². The van der Waals surface area contributed by atoms with Gasteiger partial charge in [0.2, 0.25) is 0 Å². The molecule has 3 rings (SSSR count). The van der Waals surface area contributed by atoms with Gasteiger partial charge in [-0.25, -0.2) is 5.01 Å². The van der Waals surface area contributed by atoms with E-state index >= 15 is 0 Å². The van der Waals surface area contributed by atoms with E-state index in [4.69, 9.17) is 4.74 Å². The number of hydrogen-bond acceptors (Lipinski definition) is 6.